The van der Waals surface area contributed by atoms with Crippen molar-refractivity contribution in [2.75, 3.05) is 19.7 Å². The van der Waals surface area contributed by atoms with Gasteiger partial charge < -0.3 is 9.47 Å². The van der Waals surface area contributed by atoms with Gasteiger partial charge in [0.2, 0.25) is 0 Å². The molecule has 4 rings (SSSR count). The van der Waals surface area contributed by atoms with Crippen molar-refractivity contribution in [1.82, 2.24) is 9.88 Å². The largest absolute Gasteiger partial charge is 0.371 e. The van der Waals surface area contributed by atoms with E-state index in [0.717, 1.165) is 38.0 Å². The minimum absolute atomic E-state index is 0.00473. The number of rotatable bonds is 5. The SMILES string of the molecule is Cc1ccsc1CN1CC[C@]2(C[C@@H](OCc3cccnc3)CO2)C1. The lowest BCUT2D eigenvalue weighted by atomic mass is 9.98. The first kappa shape index (κ1) is 16.2. The first-order valence-corrected chi connectivity index (χ1v) is 9.50. The smallest absolute Gasteiger partial charge is 0.0847 e. The first-order chi connectivity index (χ1) is 11.7. The zero-order chi connectivity index (χ0) is 16.4. The maximum atomic E-state index is 6.20. The van der Waals surface area contributed by atoms with Gasteiger partial charge in [0.1, 0.15) is 0 Å². The molecule has 2 saturated heterocycles. The molecule has 0 N–H and O–H groups in total. The Balaban J connectivity index is 1.29. The van der Waals surface area contributed by atoms with E-state index < -0.39 is 0 Å². The average Bonchev–Trinajstić information content (AvgIpc) is 3.30. The molecule has 2 aliphatic heterocycles. The fraction of sp³-hybridized carbons (Fsp3) is 0.526. The van der Waals surface area contributed by atoms with Crippen LogP contribution in [-0.2, 0) is 22.6 Å². The highest BCUT2D eigenvalue weighted by Gasteiger charge is 2.45. The van der Waals surface area contributed by atoms with Gasteiger partial charge in [0.05, 0.1) is 24.9 Å². The van der Waals surface area contributed by atoms with E-state index in [1.807, 2.05) is 23.6 Å². The summed E-state index contributed by atoms with van der Waals surface area (Å²) in [6, 6.07) is 6.21. The Morgan fingerprint density at radius 3 is 3.21 bits per heavy atom. The molecule has 1 spiro atoms. The molecule has 0 aliphatic carbocycles. The lowest BCUT2D eigenvalue weighted by Crippen LogP contribution is -2.32. The van der Waals surface area contributed by atoms with Crippen LogP contribution in [0.2, 0.25) is 0 Å². The van der Waals surface area contributed by atoms with Crippen LogP contribution in [0.1, 0.15) is 28.8 Å². The first-order valence-electron chi connectivity index (χ1n) is 8.62. The lowest BCUT2D eigenvalue weighted by Gasteiger charge is -2.23. The van der Waals surface area contributed by atoms with Gasteiger partial charge in [-0.2, -0.15) is 0 Å². The van der Waals surface area contributed by atoms with E-state index in [9.17, 15) is 0 Å². The Morgan fingerprint density at radius 1 is 1.46 bits per heavy atom. The van der Waals surface area contributed by atoms with Gasteiger partial charge in [-0.3, -0.25) is 9.88 Å². The van der Waals surface area contributed by atoms with E-state index in [4.69, 9.17) is 9.47 Å². The van der Waals surface area contributed by atoms with Crippen molar-refractivity contribution in [3.05, 3.63) is 52.0 Å². The number of aryl methyl sites for hydroxylation is 1. The summed E-state index contributed by atoms with van der Waals surface area (Å²) in [5, 5.41) is 2.19. The molecule has 24 heavy (non-hydrogen) atoms. The van der Waals surface area contributed by atoms with Crippen LogP contribution in [0, 0.1) is 6.92 Å². The Hall–Kier alpha value is -1.27. The average molecular weight is 344 g/mol. The van der Waals surface area contributed by atoms with Gasteiger partial charge in [-0.15, -0.1) is 11.3 Å². The van der Waals surface area contributed by atoms with Gasteiger partial charge in [-0.1, -0.05) is 6.07 Å². The van der Waals surface area contributed by atoms with Crippen LogP contribution < -0.4 is 0 Å². The molecule has 0 bridgehead atoms. The predicted molar refractivity (Wildman–Crippen MR) is 95.1 cm³/mol. The van der Waals surface area contributed by atoms with Crippen LogP contribution >= 0.6 is 11.3 Å². The molecule has 4 heterocycles. The normalized spacial score (nSPS) is 27.3. The third kappa shape index (κ3) is 3.54. The van der Waals surface area contributed by atoms with E-state index in [2.05, 4.69) is 34.3 Å². The van der Waals surface area contributed by atoms with E-state index in [1.54, 1.807) is 6.20 Å². The topological polar surface area (TPSA) is 34.6 Å². The molecule has 5 heteroatoms. The fourth-order valence-electron chi connectivity index (χ4n) is 3.72. The molecule has 2 aromatic rings. The van der Waals surface area contributed by atoms with Crippen molar-refractivity contribution in [2.45, 2.75) is 44.6 Å². The molecule has 2 aromatic heterocycles. The highest BCUT2D eigenvalue weighted by atomic mass is 32.1. The van der Waals surface area contributed by atoms with Crippen molar-refractivity contribution in [2.24, 2.45) is 0 Å². The van der Waals surface area contributed by atoms with E-state index in [0.29, 0.717) is 13.2 Å². The Morgan fingerprint density at radius 2 is 2.42 bits per heavy atom. The number of likely N-dealkylation sites (tertiary alicyclic amines) is 1. The highest BCUT2D eigenvalue weighted by molar-refractivity contribution is 7.10. The van der Waals surface area contributed by atoms with Crippen LogP contribution in [0.4, 0.5) is 0 Å². The van der Waals surface area contributed by atoms with E-state index in [1.165, 1.54) is 10.4 Å². The minimum Gasteiger partial charge on any atom is -0.371 e. The summed E-state index contributed by atoms with van der Waals surface area (Å²) in [7, 11) is 0. The van der Waals surface area contributed by atoms with Gasteiger partial charge in [-0.05, 0) is 42.0 Å². The maximum Gasteiger partial charge on any atom is 0.0847 e. The number of thiophene rings is 1. The summed E-state index contributed by atoms with van der Waals surface area (Å²) in [4.78, 5) is 8.15. The van der Waals surface area contributed by atoms with Crippen molar-refractivity contribution >= 4 is 11.3 Å². The lowest BCUT2D eigenvalue weighted by molar-refractivity contribution is -0.000418. The van der Waals surface area contributed by atoms with Crippen LogP contribution in [0.15, 0.2) is 36.0 Å². The van der Waals surface area contributed by atoms with E-state index >= 15 is 0 Å². The molecule has 2 fully saturated rings. The predicted octanol–water partition coefficient (Wildman–Crippen LogP) is 3.40. The Kier molecular flexibility index (Phi) is 4.68. The van der Waals surface area contributed by atoms with Gasteiger partial charge in [-0.25, -0.2) is 0 Å². The summed E-state index contributed by atoms with van der Waals surface area (Å²) in [6.45, 7) is 6.73. The second-order valence-electron chi connectivity index (χ2n) is 6.98. The Labute approximate surface area is 147 Å². The molecule has 0 saturated carbocycles. The van der Waals surface area contributed by atoms with Crippen LogP contribution in [0.25, 0.3) is 0 Å². The van der Waals surface area contributed by atoms with Gasteiger partial charge in [0.25, 0.3) is 0 Å². The quantitative estimate of drug-likeness (QED) is 0.833. The summed E-state index contributed by atoms with van der Waals surface area (Å²) in [6.07, 6.45) is 5.98. The van der Waals surface area contributed by atoms with Crippen molar-refractivity contribution in [1.29, 1.82) is 0 Å². The molecule has 128 valence electrons. The third-order valence-electron chi connectivity index (χ3n) is 5.11. The molecule has 0 aromatic carbocycles. The number of hydrogen-bond donors (Lipinski definition) is 0. The van der Waals surface area contributed by atoms with Crippen molar-refractivity contribution in [3.8, 4) is 0 Å². The zero-order valence-corrected chi connectivity index (χ0v) is 14.9. The number of aromatic nitrogens is 1. The molecule has 2 aliphatic rings. The molecular weight excluding hydrogens is 320 g/mol. The number of nitrogens with zero attached hydrogens (tertiary/aromatic N) is 2. The standard InChI is InChI=1S/C19H24N2O2S/c1-15-4-8-24-18(15)11-21-7-5-19(14-21)9-17(13-23-19)22-12-16-3-2-6-20-10-16/h2-4,6,8,10,17H,5,7,9,11-14H2,1H3/t17-,19+/m1/s1. The van der Waals surface area contributed by atoms with Crippen LogP contribution in [-0.4, -0.2) is 41.3 Å². The van der Waals surface area contributed by atoms with E-state index in [-0.39, 0.29) is 11.7 Å². The molecule has 0 radical (unpaired) electrons. The van der Waals surface area contributed by atoms with Gasteiger partial charge >= 0.3 is 0 Å². The number of ether oxygens (including phenoxy) is 2. The Bertz CT molecular complexity index is 675. The van der Waals surface area contributed by atoms with Crippen molar-refractivity contribution in [3.63, 3.8) is 0 Å². The molecular formula is C19H24N2O2S. The van der Waals surface area contributed by atoms with Crippen LogP contribution in [0.5, 0.6) is 0 Å². The summed E-state index contributed by atoms with van der Waals surface area (Å²) < 4.78 is 12.3. The number of pyridine rings is 1. The van der Waals surface area contributed by atoms with Gasteiger partial charge in [0.15, 0.2) is 0 Å². The molecule has 2 atom stereocenters. The highest BCUT2D eigenvalue weighted by Crippen LogP contribution is 2.37. The molecule has 0 amide bonds. The summed E-state index contributed by atoms with van der Waals surface area (Å²) >= 11 is 1.86. The number of hydrogen-bond acceptors (Lipinski definition) is 5. The molecule has 4 nitrogen and oxygen atoms in total. The monoisotopic (exact) mass is 344 g/mol. The molecule has 0 unspecified atom stereocenters. The zero-order valence-electron chi connectivity index (χ0n) is 14.1. The van der Waals surface area contributed by atoms with Gasteiger partial charge in [0, 0.05) is 43.3 Å². The fourth-order valence-corrected chi connectivity index (χ4v) is 4.67. The second-order valence-corrected chi connectivity index (χ2v) is 7.98. The summed E-state index contributed by atoms with van der Waals surface area (Å²) in [5.41, 5.74) is 2.54. The minimum atomic E-state index is 0.00473. The third-order valence-corrected chi connectivity index (χ3v) is 6.12. The second kappa shape index (κ2) is 6.92. The van der Waals surface area contributed by atoms with Crippen molar-refractivity contribution < 1.29 is 9.47 Å². The summed E-state index contributed by atoms with van der Waals surface area (Å²) in [5.74, 6) is 0. The van der Waals surface area contributed by atoms with Crippen LogP contribution in [0.3, 0.4) is 0 Å². The maximum absolute atomic E-state index is 6.20.